The summed E-state index contributed by atoms with van der Waals surface area (Å²) in [4.78, 5) is 11.9. The number of carbonyl (C=O) groups excluding carboxylic acids is 1. The minimum atomic E-state index is -0.184. The molecule has 0 bridgehead atoms. The normalized spacial score (nSPS) is 10.5. The van der Waals surface area contributed by atoms with Gasteiger partial charge < -0.3 is 9.47 Å². The SMILES string of the molecule is C=CCOc1ccc(/C=N/NC(=O)Cc2ccc(Br)cc2)cc1OC. The molecule has 0 aliphatic rings. The summed E-state index contributed by atoms with van der Waals surface area (Å²) >= 11 is 3.36. The number of hydrogen-bond donors (Lipinski definition) is 1. The summed E-state index contributed by atoms with van der Waals surface area (Å²) in [5.41, 5.74) is 4.22. The standard InChI is InChI=1S/C19H19BrN2O3/c1-3-10-25-17-9-6-15(11-18(17)24-2)13-21-22-19(23)12-14-4-7-16(20)8-5-14/h3-9,11,13H,1,10,12H2,2H3,(H,22,23)/b21-13+. The maximum absolute atomic E-state index is 11.9. The number of halogens is 1. The molecule has 5 nitrogen and oxygen atoms in total. The van der Waals surface area contributed by atoms with E-state index in [2.05, 4.69) is 33.0 Å². The molecule has 0 aromatic heterocycles. The van der Waals surface area contributed by atoms with E-state index in [0.29, 0.717) is 18.1 Å². The van der Waals surface area contributed by atoms with Crippen molar-refractivity contribution in [2.45, 2.75) is 6.42 Å². The highest BCUT2D eigenvalue weighted by Gasteiger charge is 2.05. The fourth-order valence-corrected chi connectivity index (χ4v) is 2.30. The first-order chi connectivity index (χ1) is 12.1. The number of rotatable bonds is 8. The summed E-state index contributed by atoms with van der Waals surface area (Å²) in [6.07, 6.45) is 3.48. The Balaban J connectivity index is 1.93. The number of hydrazone groups is 1. The van der Waals surface area contributed by atoms with Crippen LogP contribution in [-0.4, -0.2) is 25.8 Å². The highest BCUT2D eigenvalue weighted by molar-refractivity contribution is 9.10. The number of hydrogen-bond acceptors (Lipinski definition) is 4. The van der Waals surface area contributed by atoms with Gasteiger partial charge in [0.1, 0.15) is 6.61 Å². The Labute approximate surface area is 155 Å². The molecule has 0 radical (unpaired) electrons. The molecule has 0 heterocycles. The smallest absolute Gasteiger partial charge is 0.244 e. The molecule has 0 saturated heterocycles. The zero-order chi connectivity index (χ0) is 18.1. The molecule has 2 rings (SSSR count). The Morgan fingerprint density at radius 1 is 1.24 bits per heavy atom. The third-order valence-electron chi connectivity index (χ3n) is 3.23. The number of ether oxygens (including phenoxy) is 2. The molecular weight excluding hydrogens is 384 g/mol. The molecule has 130 valence electrons. The lowest BCUT2D eigenvalue weighted by atomic mass is 10.1. The predicted molar refractivity (Wildman–Crippen MR) is 102 cm³/mol. The molecule has 6 heteroatoms. The van der Waals surface area contributed by atoms with E-state index < -0.39 is 0 Å². The second kappa shape index (κ2) is 9.64. The fourth-order valence-electron chi connectivity index (χ4n) is 2.04. The lowest BCUT2D eigenvalue weighted by Crippen LogP contribution is -2.19. The molecule has 0 atom stereocenters. The Morgan fingerprint density at radius 3 is 2.68 bits per heavy atom. The van der Waals surface area contributed by atoms with Crippen molar-refractivity contribution in [1.82, 2.24) is 5.43 Å². The largest absolute Gasteiger partial charge is 0.493 e. The number of nitrogens with one attached hydrogen (secondary N) is 1. The number of amides is 1. The first-order valence-electron chi connectivity index (χ1n) is 7.60. The van der Waals surface area contributed by atoms with Crippen LogP contribution in [0, 0.1) is 0 Å². The zero-order valence-corrected chi connectivity index (χ0v) is 15.5. The third-order valence-corrected chi connectivity index (χ3v) is 3.75. The maximum Gasteiger partial charge on any atom is 0.244 e. The number of carbonyl (C=O) groups is 1. The van der Waals surface area contributed by atoms with Gasteiger partial charge in [0.2, 0.25) is 5.91 Å². The molecular formula is C19H19BrN2O3. The Morgan fingerprint density at radius 2 is 2.00 bits per heavy atom. The van der Waals surface area contributed by atoms with Gasteiger partial charge in [-0.1, -0.05) is 40.7 Å². The van der Waals surface area contributed by atoms with E-state index >= 15 is 0 Å². The van der Waals surface area contributed by atoms with E-state index in [1.54, 1.807) is 31.5 Å². The van der Waals surface area contributed by atoms with Gasteiger partial charge in [-0.3, -0.25) is 4.79 Å². The molecule has 1 amide bonds. The maximum atomic E-state index is 11.9. The van der Waals surface area contributed by atoms with E-state index in [9.17, 15) is 4.79 Å². The predicted octanol–water partition coefficient (Wildman–Crippen LogP) is 3.72. The van der Waals surface area contributed by atoms with Crippen LogP contribution in [0.25, 0.3) is 0 Å². The average molecular weight is 403 g/mol. The first-order valence-corrected chi connectivity index (χ1v) is 8.39. The van der Waals surface area contributed by atoms with Crippen LogP contribution in [0.5, 0.6) is 11.5 Å². The van der Waals surface area contributed by atoms with E-state index in [1.165, 1.54) is 0 Å². The number of benzene rings is 2. The van der Waals surface area contributed by atoms with Crippen LogP contribution < -0.4 is 14.9 Å². The van der Waals surface area contributed by atoms with Crippen LogP contribution in [0.1, 0.15) is 11.1 Å². The van der Waals surface area contributed by atoms with Gasteiger partial charge in [-0.25, -0.2) is 5.43 Å². The van der Waals surface area contributed by atoms with Crippen LogP contribution in [0.4, 0.5) is 0 Å². The van der Waals surface area contributed by atoms with Crippen LogP contribution in [-0.2, 0) is 11.2 Å². The van der Waals surface area contributed by atoms with Crippen LogP contribution in [0.3, 0.4) is 0 Å². The molecule has 0 aliphatic heterocycles. The molecule has 0 fully saturated rings. The van der Waals surface area contributed by atoms with Gasteiger partial charge in [0.15, 0.2) is 11.5 Å². The number of nitrogens with zero attached hydrogens (tertiary/aromatic N) is 1. The third kappa shape index (κ3) is 6.08. The first kappa shape index (κ1) is 18.7. The Kier molecular flexibility index (Phi) is 7.22. The van der Waals surface area contributed by atoms with E-state index in [0.717, 1.165) is 15.6 Å². The van der Waals surface area contributed by atoms with Gasteiger partial charge in [0.25, 0.3) is 0 Å². The summed E-state index contributed by atoms with van der Waals surface area (Å²) < 4.78 is 11.8. The quantitative estimate of drug-likeness (QED) is 0.415. The molecule has 0 aliphatic carbocycles. The van der Waals surface area contributed by atoms with Crippen molar-refractivity contribution < 1.29 is 14.3 Å². The molecule has 2 aromatic carbocycles. The number of methoxy groups -OCH3 is 1. The second-order valence-electron chi connectivity index (χ2n) is 5.11. The van der Waals surface area contributed by atoms with Crippen molar-refractivity contribution in [3.8, 4) is 11.5 Å². The molecule has 25 heavy (non-hydrogen) atoms. The van der Waals surface area contributed by atoms with Gasteiger partial charge in [-0.05, 0) is 41.5 Å². The van der Waals surface area contributed by atoms with E-state index in [-0.39, 0.29) is 12.3 Å². The summed E-state index contributed by atoms with van der Waals surface area (Å²) in [6.45, 7) is 4.01. The van der Waals surface area contributed by atoms with E-state index in [1.807, 2.05) is 30.3 Å². The second-order valence-corrected chi connectivity index (χ2v) is 6.02. The molecule has 1 N–H and O–H groups in total. The van der Waals surface area contributed by atoms with Crippen molar-refractivity contribution >= 4 is 28.1 Å². The van der Waals surface area contributed by atoms with Gasteiger partial charge in [0.05, 0.1) is 19.7 Å². The monoisotopic (exact) mass is 402 g/mol. The van der Waals surface area contributed by atoms with Crippen molar-refractivity contribution in [3.63, 3.8) is 0 Å². The lowest BCUT2D eigenvalue weighted by molar-refractivity contribution is -0.120. The summed E-state index contributed by atoms with van der Waals surface area (Å²) in [5.74, 6) is 1.03. The zero-order valence-electron chi connectivity index (χ0n) is 13.9. The van der Waals surface area contributed by atoms with Crippen molar-refractivity contribution in [2.75, 3.05) is 13.7 Å². The lowest BCUT2D eigenvalue weighted by Gasteiger charge is -2.09. The van der Waals surface area contributed by atoms with Crippen molar-refractivity contribution in [2.24, 2.45) is 5.10 Å². The fraction of sp³-hybridized carbons (Fsp3) is 0.158. The molecule has 2 aromatic rings. The van der Waals surface area contributed by atoms with Gasteiger partial charge >= 0.3 is 0 Å². The highest BCUT2D eigenvalue weighted by Crippen LogP contribution is 2.27. The van der Waals surface area contributed by atoms with Gasteiger partial charge in [-0.2, -0.15) is 5.10 Å². The Hall–Kier alpha value is -2.60. The minimum Gasteiger partial charge on any atom is -0.493 e. The highest BCUT2D eigenvalue weighted by atomic mass is 79.9. The van der Waals surface area contributed by atoms with Crippen LogP contribution in [0.2, 0.25) is 0 Å². The average Bonchev–Trinajstić information content (AvgIpc) is 2.62. The van der Waals surface area contributed by atoms with Crippen LogP contribution >= 0.6 is 15.9 Å². The summed E-state index contributed by atoms with van der Waals surface area (Å²) in [6, 6.07) is 13.0. The molecule has 0 spiro atoms. The van der Waals surface area contributed by atoms with Gasteiger partial charge in [0, 0.05) is 4.47 Å². The summed E-state index contributed by atoms with van der Waals surface area (Å²) in [7, 11) is 1.57. The van der Waals surface area contributed by atoms with Crippen molar-refractivity contribution in [3.05, 3.63) is 70.7 Å². The van der Waals surface area contributed by atoms with E-state index in [4.69, 9.17) is 9.47 Å². The van der Waals surface area contributed by atoms with Crippen LogP contribution in [0.15, 0.2) is 64.7 Å². The minimum absolute atomic E-state index is 0.184. The Bertz CT molecular complexity index is 758. The molecule has 0 saturated carbocycles. The van der Waals surface area contributed by atoms with Gasteiger partial charge in [-0.15, -0.1) is 0 Å². The summed E-state index contributed by atoms with van der Waals surface area (Å²) in [5, 5.41) is 3.98. The topological polar surface area (TPSA) is 59.9 Å². The van der Waals surface area contributed by atoms with Crippen molar-refractivity contribution in [1.29, 1.82) is 0 Å². The molecule has 0 unspecified atom stereocenters.